The number of aromatic amines is 1. The number of aromatic nitrogens is 1. The van der Waals surface area contributed by atoms with Gasteiger partial charge in [0.1, 0.15) is 54.4 Å². The van der Waals surface area contributed by atoms with Gasteiger partial charge < -0.3 is 103 Å². The van der Waals surface area contributed by atoms with Crippen molar-refractivity contribution < 1.29 is 67.7 Å². The highest BCUT2D eigenvalue weighted by molar-refractivity contribution is 7.98. The Morgan fingerprint density at radius 1 is 0.509 bits per heavy atom. The lowest BCUT2D eigenvalue weighted by atomic mass is 9.98. The van der Waals surface area contributed by atoms with E-state index in [1.54, 1.807) is 39.3 Å². The van der Waals surface area contributed by atoms with E-state index in [-0.39, 0.29) is 108 Å². The molecule has 0 aliphatic carbocycles. The number of benzene rings is 1. The minimum Gasteiger partial charge on any atom is -0.481 e. The zero-order chi connectivity index (χ0) is 79.1. The molecule has 1 heterocycles. The second kappa shape index (κ2) is 53.1. The minimum atomic E-state index is -1.87. The van der Waals surface area contributed by atoms with E-state index in [0.29, 0.717) is 30.6 Å². The molecule has 0 aliphatic heterocycles. The number of para-hydroxylation sites is 1. The third-order valence-corrected chi connectivity index (χ3v) is 18.6. The highest BCUT2D eigenvalue weighted by atomic mass is 32.2. The van der Waals surface area contributed by atoms with Crippen molar-refractivity contribution in [2.24, 2.45) is 56.2 Å². The molecule has 0 unspecified atom stereocenters. The molecule has 0 saturated carbocycles. The minimum absolute atomic E-state index is 0.0191. The first-order chi connectivity index (χ1) is 50.5. The number of nitrogens with zero attached hydrogens (tertiary/aromatic N) is 2. The van der Waals surface area contributed by atoms with Gasteiger partial charge in [0, 0.05) is 43.0 Å². The van der Waals surface area contributed by atoms with Crippen LogP contribution in [0.15, 0.2) is 40.4 Å². The zero-order valence-electron chi connectivity index (χ0n) is 63.3. The summed E-state index contributed by atoms with van der Waals surface area (Å²) in [6, 6.07) is -5.78. The van der Waals surface area contributed by atoms with Gasteiger partial charge in [-0.15, -0.1) is 0 Å². The number of carboxylic acid groups (broad SMARTS) is 1. The average Bonchev–Trinajstić information content (AvgIpc) is 1.68. The molecule has 2 aromatic rings. The Bertz CT molecular complexity index is 3130. The summed E-state index contributed by atoms with van der Waals surface area (Å²) in [5.74, 6) is -11.7. The van der Waals surface area contributed by atoms with Crippen molar-refractivity contribution in [2.75, 3.05) is 38.2 Å². The number of unbranched alkanes of at least 4 members (excludes halogenated alkanes) is 13. The fourth-order valence-corrected chi connectivity index (χ4v) is 12.2. The van der Waals surface area contributed by atoms with Gasteiger partial charge in [-0.2, -0.15) is 11.8 Å². The summed E-state index contributed by atoms with van der Waals surface area (Å²) in [7, 11) is 0. The summed E-state index contributed by atoms with van der Waals surface area (Å²) < 4.78 is 0. The number of guanidine groups is 2. The quantitative estimate of drug-likeness (QED) is 0.0250. The molecule has 0 spiro atoms. The molecule has 2 rings (SSSR count). The molecule has 0 bridgehead atoms. The number of fused-ring (bicyclic) bond motifs is 1. The first-order valence-electron chi connectivity index (χ1n) is 37.5. The van der Waals surface area contributed by atoms with Crippen molar-refractivity contribution in [1.29, 1.82) is 0 Å². The molecule has 0 aliphatic rings. The maximum atomic E-state index is 14.9. The number of aliphatic hydroxyl groups is 1. The molecule has 33 nitrogen and oxygen atoms in total. The van der Waals surface area contributed by atoms with Crippen LogP contribution >= 0.6 is 11.8 Å². The Labute approximate surface area is 628 Å². The number of primary amides is 1. The maximum absolute atomic E-state index is 14.9. The molecular weight excluding hydrogens is 1390 g/mol. The van der Waals surface area contributed by atoms with Gasteiger partial charge in [-0.3, -0.25) is 67.5 Å². The van der Waals surface area contributed by atoms with Crippen molar-refractivity contribution >= 4 is 106 Å². The summed E-state index contributed by atoms with van der Waals surface area (Å²) in [5.41, 5.74) is 35.2. The van der Waals surface area contributed by atoms with Crippen LogP contribution in [0.4, 0.5) is 0 Å². The van der Waals surface area contributed by atoms with Gasteiger partial charge >= 0.3 is 5.97 Å². The van der Waals surface area contributed by atoms with Gasteiger partial charge in [0.05, 0.1) is 19.1 Å². The van der Waals surface area contributed by atoms with E-state index < -0.39 is 144 Å². The molecule has 11 atom stereocenters. The van der Waals surface area contributed by atoms with E-state index in [2.05, 4.69) is 75.1 Å². The number of carboxylic acids is 1. The number of carbonyl (C=O) groups is 12. The van der Waals surface area contributed by atoms with Crippen molar-refractivity contribution in [3.8, 4) is 0 Å². The number of aliphatic carboxylic acids is 1. The number of nitrogens with two attached hydrogens (primary N) is 6. The molecule has 598 valence electrons. The highest BCUT2D eigenvalue weighted by Crippen LogP contribution is 2.21. The Morgan fingerprint density at radius 3 is 1.44 bits per heavy atom. The Balaban J connectivity index is 2.51. The van der Waals surface area contributed by atoms with E-state index in [1.165, 1.54) is 63.6 Å². The number of amides is 11. The van der Waals surface area contributed by atoms with Crippen molar-refractivity contribution in [3.63, 3.8) is 0 Å². The monoisotopic (exact) mass is 1510 g/mol. The third-order valence-electron chi connectivity index (χ3n) is 17.9. The number of rotatable bonds is 58. The summed E-state index contributed by atoms with van der Waals surface area (Å²) in [6.45, 7) is 10.1. The van der Waals surface area contributed by atoms with Crippen LogP contribution in [-0.2, 0) is 64.0 Å². The average molecular weight is 1510 g/mol. The molecule has 11 amide bonds. The van der Waals surface area contributed by atoms with Gasteiger partial charge in [-0.1, -0.05) is 136 Å². The smallest absolute Gasteiger partial charge is 0.305 e. The van der Waals surface area contributed by atoms with Crippen LogP contribution in [0.25, 0.3) is 10.9 Å². The van der Waals surface area contributed by atoms with E-state index in [0.717, 1.165) is 43.0 Å². The number of hydrogen-bond acceptors (Lipinski definition) is 17. The van der Waals surface area contributed by atoms with Gasteiger partial charge in [0.2, 0.25) is 65.0 Å². The molecule has 1 aromatic carbocycles. The van der Waals surface area contributed by atoms with Gasteiger partial charge in [0.15, 0.2) is 11.9 Å². The van der Waals surface area contributed by atoms with Gasteiger partial charge in [-0.05, 0) is 113 Å². The molecule has 0 radical (unpaired) electrons. The molecule has 0 fully saturated rings. The number of aliphatic hydroxyl groups excluding tert-OH is 1. The lowest BCUT2D eigenvalue weighted by Gasteiger charge is -2.29. The van der Waals surface area contributed by atoms with Crippen molar-refractivity contribution in [2.45, 2.75) is 269 Å². The van der Waals surface area contributed by atoms with Crippen LogP contribution < -0.4 is 87.6 Å². The van der Waals surface area contributed by atoms with Crippen LogP contribution in [0, 0.1) is 11.8 Å². The van der Waals surface area contributed by atoms with Gasteiger partial charge in [-0.25, -0.2) is 0 Å². The highest BCUT2D eigenvalue weighted by Gasteiger charge is 2.37. The Hall–Kier alpha value is -8.79. The topological polar surface area (TPSA) is 562 Å². The second-order valence-corrected chi connectivity index (χ2v) is 28.5. The number of carbonyl (C=O) groups excluding carboxylic acids is 11. The van der Waals surface area contributed by atoms with E-state index in [1.807, 2.05) is 25.1 Å². The number of H-pyrrole nitrogens is 1. The van der Waals surface area contributed by atoms with E-state index in [4.69, 9.17) is 34.4 Å². The lowest BCUT2D eigenvalue weighted by molar-refractivity contribution is -0.142. The molecule has 25 N–H and O–H groups in total. The molecule has 106 heavy (non-hydrogen) atoms. The third kappa shape index (κ3) is 38.5. The SMILES string of the molecule is CCCCCCCCCCCCCCCC(=O)N[C@H](C(=O)N[C@@H](CC(=O)O)C(=O)N[C@@H](CCCN=C(N)N)C(=O)N[C@@H](CC(C)C)C(=O)N[C@@H](CCCN=C(N)N)C(=O)N[C@@H](CCCCN)C(=O)N[C@@H](Cc1c[nH]c2ccccc12)C(=O)N[C@@H](CCSC)C(=O)NCC(=O)N[C@H](C(N)=O)[C@@H](C)CC)[C@@H](C)O. The summed E-state index contributed by atoms with van der Waals surface area (Å²) in [5, 5.41) is 47.5. The van der Waals surface area contributed by atoms with Gasteiger partial charge in [0.25, 0.3) is 0 Å². The second-order valence-electron chi connectivity index (χ2n) is 27.5. The van der Waals surface area contributed by atoms with E-state index in [9.17, 15) is 67.7 Å². The lowest BCUT2D eigenvalue weighted by Crippen LogP contribution is -2.61. The van der Waals surface area contributed by atoms with Crippen LogP contribution in [0.3, 0.4) is 0 Å². The predicted molar refractivity (Wildman–Crippen MR) is 410 cm³/mol. The van der Waals surface area contributed by atoms with Crippen LogP contribution in [0.5, 0.6) is 0 Å². The van der Waals surface area contributed by atoms with Crippen LogP contribution in [0.1, 0.15) is 208 Å². The fourth-order valence-electron chi connectivity index (χ4n) is 11.7. The normalized spacial score (nSPS) is 14.3. The molecule has 1 aromatic heterocycles. The largest absolute Gasteiger partial charge is 0.481 e. The number of aliphatic imine (C=N–C) groups is 2. The first-order valence-corrected chi connectivity index (χ1v) is 38.9. The summed E-state index contributed by atoms with van der Waals surface area (Å²) >= 11 is 1.38. The predicted octanol–water partition coefficient (Wildman–Crippen LogP) is 1.09. The van der Waals surface area contributed by atoms with Crippen LogP contribution in [-0.4, -0.2) is 197 Å². The number of thioether (sulfide) groups is 1. The number of hydrogen-bond donors (Lipinski definition) is 19. The maximum Gasteiger partial charge on any atom is 0.305 e. The Morgan fingerprint density at radius 2 is 0.962 bits per heavy atom. The zero-order valence-corrected chi connectivity index (χ0v) is 64.1. The fraction of sp³-hybridized carbons (Fsp3) is 0.694. The van der Waals surface area contributed by atoms with Crippen molar-refractivity contribution in [1.82, 2.24) is 58.2 Å². The van der Waals surface area contributed by atoms with E-state index >= 15 is 0 Å². The first kappa shape index (κ1) is 93.3. The van der Waals surface area contributed by atoms with Crippen molar-refractivity contribution in [3.05, 3.63) is 36.0 Å². The Kier molecular flexibility index (Phi) is 46.7. The molecular formula is C72H125N19O14S. The molecule has 34 heteroatoms. The molecule has 0 saturated heterocycles. The number of nitrogens with one attached hydrogen (secondary N) is 11. The summed E-state index contributed by atoms with van der Waals surface area (Å²) in [4.78, 5) is 177. The van der Waals surface area contributed by atoms with Crippen LogP contribution in [0.2, 0.25) is 0 Å². The summed E-state index contributed by atoms with van der Waals surface area (Å²) in [6.07, 6.45) is 16.0. The standard InChI is InChI=1S/C72H125N19O14S/c1-8-10-11-12-13-14-15-16-17-18-19-20-21-33-57(93)90-61(46(6)92)70(105)89-56(41-59(95)96)69(104)85-52(32-27-37-80-72(77)78)66(101)87-54(39-44(3)4)67(102)84-51(31-26-36-79-71(75)76)64(99)83-50(30-24-25-35-73)65(100)88-55(40-47-42-81-49-29-23-22-28-48(47)49)68(103)86-53(34-38-106-7)63(98)82-43-58(94)91-60(62(74)97)45(5)9-2/h22-23,28-29,42,44-46,50-56,60-61,81,92H,8-21,24-27,30-41,43,73H2,1-7H3,(H2,74,97)(H,82,98)(H,83,99)(H,84,102)(H,85,104)(H,86,103)(H,87,101)(H,88,100)(H,89,105)(H,90,93)(H,91,94)(H,95,96)(H4,75,76,79)(H4,77,78,80)/t45-,46+,50-,51-,52-,53-,54-,55-,56-,60-,61-/m0/s1.